The molecule has 1 atom stereocenters. The highest BCUT2D eigenvalue weighted by molar-refractivity contribution is 5.85. The van der Waals surface area contributed by atoms with Gasteiger partial charge in [0.05, 0.1) is 12.1 Å². The van der Waals surface area contributed by atoms with Gasteiger partial charge in [0, 0.05) is 23.3 Å². The number of hydrogen-bond donors (Lipinski definition) is 3. The van der Waals surface area contributed by atoms with E-state index in [4.69, 9.17) is 5.73 Å². The van der Waals surface area contributed by atoms with Gasteiger partial charge in [-0.1, -0.05) is 19.1 Å². The highest BCUT2D eigenvalue weighted by Gasteiger charge is 2.08. The number of fused-ring (bicyclic) bond motifs is 1. The quantitative estimate of drug-likeness (QED) is 0.625. The lowest BCUT2D eigenvalue weighted by Crippen LogP contribution is -2.15. The lowest BCUT2D eigenvalue weighted by Gasteiger charge is -2.12. The molecule has 4 N–H and O–H groups in total. The molecule has 0 amide bonds. The summed E-state index contributed by atoms with van der Waals surface area (Å²) in [6.45, 7) is 4.20. The highest BCUT2D eigenvalue weighted by atomic mass is 16.3. The van der Waals surface area contributed by atoms with Gasteiger partial charge in [-0.05, 0) is 54.3 Å². The van der Waals surface area contributed by atoms with Crippen LogP contribution in [0.4, 0.5) is 11.6 Å². The molecule has 5 heteroatoms. The van der Waals surface area contributed by atoms with Crippen LogP contribution in [-0.4, -0.2) is 21.1 Å². The molecule has 0 aliphatic carbocycles. The third-order valence-electron chi connectivity index (χ3n) is 4.18. The van der Waals surface area contributed by atoms with Gasteiger partial charge in [-0.25, -0.2) is 9.97 Å². The number of aliphatic hydroxyl groups is 1. The Hall–Kier alpha value is -2.66. The molecule has 0 aliphatic heterocycles. The van der Waals surface area contributed by atoms with Crippen molar-refractivity contribution in [3.8, 4) is 11.1 Å². The molecular formula is C19H22N4O. The van der Waals surface area contributed by atoms with Gasteiger partial charge < -0.3 is 16.2 Å². The van der Waals surface area contributed by atoms with E-state index < -0.39 is 0 Å². The predicted molar refractivity (Wildman–Crippen MR) is 98.7 cm³/mol. The third kappa shape index (κ3) is 3.31. The first-order valence-corrected chi connectivity index (χ1v) is 8.13. The van der Waals surface area contributed by atoms with Gasteiger partial charge in [0.2, 0.25) is 5.95 Å². The van der Waals surface area contributed by atoms with E-state index in [0.717, 1.165) is 34.0 Å². The van der Waals surface area contributed by atoms with Crippen LogP contribution >= 0.6 is 0 Å². The fraction of sp³-hybridized carbons (Fsp3) is 0.263. The molecule has 0 saturated heterocycles. The van der Waals surface area contributed by atoms with Crippen molar-refractivity contribution in [2.75, 3.05) is 11.1 Å². The van der Waals surface area contributed by atoms with Crippen LogP contribution in [-0.2, 0) is 6.61 Å². The van der Waals surface area contributed by atoms with Gasteiger partial charge in [0.1, 0.15) is 0 Å². The number of rotatable bonds is 5. The van der Waals surface area contributed by atoms with Crippen LogP contribution in [0.3, 0.4) is 0 Å². The van der Waals surface area contributed by atoms with Crippen molar-refractivity contribution in [3.05, 3.63) is 48.2 Å². The average Bonchev–Trinajstić information content (AvgIpc) is 2.61. The summed E-state index contributed by atoms with van der Waals surface area (Å²) in [5.74, 6) is 0.643. The molecule has 24 heavy (non-hydrogen) atoms. The van der Waals surface area contributed by atoms with E-state index in [1.54, 1.807) is 6.07 Å². The maximum absolute atomic E-state index is 9.55. The van der Waals surface area contributed by atoms with E-state index in [1.807, 2.05) is 36.5 Å². The van der Waals surface area contributed by atoms with E-state index in [-0.39, 0.29) is 6.61 Å². The van der Waals surface area contributed by atoms with Gasteiger partial charge in [0.15, 0.2) is 0 Å². The zero-order valence-corrected chi connectivity index (χ0v) is 14.0. The van der Waals surface area contributed by atoms with Crippen LogP contribution in [0.25, 0.3) is 22.0 Å². The van der Waals surface area contributed by atoms with Crippen molar-refractivity contribution in [1.82, 2.24) is 9.97 Å². The second kappa shape index (κ2) is 6.84. The average molecular weight is 322 g/mol. The number of nitrogens with zero attached hydrogens (tertiary/aromatic N) is 2. The monoisotopic (exact) mass is 322 g/mol. The Balaban J connectivity index is 2.00. The topological polar surface area (TPSA) is 84.1 Å². The molecule has 1 heterocycles. The van der Waals surface area contributed by atoms with Gasteiger partial charge in [-0.15, -0.1) is 0 Å². The number of nitrogen functional groups attached to an aromatic ring is 1. The van der Waals surface area contributed by atoms with Crippen LogP contribution in [0.1, 0.15) is 25.8 Å². The number of benzene rings is 2. The summed E-state index contributed by atoms with van der Waals surface area (Å²) in [4.78, 5) is 8.96. The van der Waals surface area contributed by atoms with Gasteiger partial charge in [-0.3, -0.25) is 0 Å². The standard InChI is InChI=1S/C19H22N4O/c1-3-12(2)22-19-21-10-15-8-13(5-7-18(15)23-19)17-9-16(20)6-4-14(17)11-24/h4-10,12,24H,3,11,20H2,1-2H3,(H,21,22,23). The Morgan fingerprint density at radius 1 is 1.21 bits per heavy atom. The van der Waals surface area contributed by atoms with Crippen LogP contribution in [0, 0.1) is 0 Å². The van der Waals surface area contributed by atoms with Gasteiger partial charge in [0.25, 0.3) is 0 Å². The maximum atomic E-state index is 9.55. The summed E-state index contributed by atoms with van der Waals surface area (Å²) in [6, 6.07) is 11.9. The fourth-order valence-corrected chi connectivity index (χ4v) is 2.59. The molecule has 0 spiro atoms. The Morgan fingerprint density at radius 3 is 2.79 bits per heavy atom. The van der Waals surface area contributed by atoms with Crippen molar-refractivity contribution in [2.24, 2.45) is 0 Å². The second-order valence-electron chi connectivity index (χ2n) is 6.00. The molecule has 5 nitrogen and oxygen atoms in total. The van der Waals surface area contributed by atoms with E-state index in [0.29, 0.717) is 17.7 Å². The summed E-state index contributed by atoms with van der Waals surface area (Å²) in [5.41, 5.74) is 10.2. The minimum atomic E-state index is -0.0259. The Morgan fingerprint density at radius 2 is 2.04 bits per heavy atom. The maximum Gasteiger partial charge on any atom is 0.223 e. The Labute approximate surface area is 141 Å². The lowest BCUT2D eigenvalue weighted by molar-refractivity contribution is 0.282. The van der Waals surface area contributed by atoms with Crippen molar-refractivity contribution >= 4 is 22.5 Å². The summed E-state index contributed by atoms with van der Waals surface area (Å²) < 4.78 is 0. The van der Waals surface area contributed by atoms with Gasteiger partial charge >= 0.3 is 0 Å². The first kappa shape index (κ1) is 16.2. The van der Waals surface area contributed by atoms with E-state index in [1.165, 1.54) is 0 Å². The van der Waals surface area contributed by atoms with Crippen molar-refractivity contribution in [1.29, 1.82) is 0 Å². The zero-order chi connectivity index (χ0) is 17.1. The minimum Gasteiger partial charge on any atom is -0.399 e. The van der Waals surface area contributed by atoms with Crippen LogP contribution in [0.2, 0.25) is 0 Å². The second-order valence-corrected chi connectivity index (χ2v) is 6.00. The first-order chi connectivity index (χ1) is 11.6. The number of nitrogens with one attached hydrogen (secondary N) is 1. The minimum absolute atomic E-state index is 0.0259. The number of anilines is 2. The molecule has 124 valence electrons. The van der Waals surface area contributed by atoms with E-state index in [2.05, 4.69) is 29.1 Å². The van der Waals surface area contributed by atoms with Gasteiger partial charge in [-0.2, -0.15) is 0 Å². The molecular weight excluding hydrogens is 300 g/mol. The number of aliphatic hydroxyl groups excluding tert-OH is 1. The van der Waals surface area contributed by atoms with Crippen molar-refractivity contribution < 1.29 is 5.11 Å². The molecule has 1 unspecified atom stereocenters. The fourth-order valence-electron chi connectivity index (χ4n) is 2.59. The summed E-state index contributed by atoms with van der Waals surface area (Å²) in [6.07, 6.45) is 2.83. The van der Waals surface area contributed by atoms with Crippen LogP contribution < -0.4 is 11.1 Å². The molecule has 3 rings (SSSR count). The molecule has 3 aromatic rings. The predicted octanol–water partition coefficient (Wildman–Crippen LogP) is 3.58. The number of aromatic nitrogens is 2. The Bertz CT molecular complexity index is 863. The zero-order valence-electron chi connectivity index (χ0n) is 14.0. The summed E-state index contributed by atoms with van der Waals surface area (Å²) in [7, 11) is 0. The molecule has 0 bridgehead atoms. The molecule has 1 aromatic heterocycles. The lowest BCUT2D eigenvalue weighted by atomic mass is 9.98. The number of hydrogen-bond acceptors (Lipinski definition) is 5. The smallest absolute Gasteiger partial charge is 0.223 e. The number of nitrogens with two attached hydrogens (primary N) is 1. The van der Waals surface area contributed by atoms with E-state index in [9.17, 15) is 5.11 Å². The van der Waals surface area contributed by atoms with Crippen molar-refractivity contribution in [2.45, 2.75) is 32.9 Å². The normalized spacial score (nSPS) is 12.3. The molecule has 2 aromatic carbocycles. The molecule has 0 radical (unpaired) electrons. The molecule has 0 fully saturated rings. The molecule has 0 saturated carbocycles. The molecule has 0 aliphatic rings. The van der Waals surface area contributed by atoms with Crippen LogP contribution in [0.5, 0.6) is 0 Å². The van der Waals surface area contributed by atoms with E-state index >= 15 is 0 Å². The highest BCUT2D eigenvalue weighted by Crippen LogP contribution is 2.28. The summed E-state index contributed by atoms with van der Waals surface area (Å²) in [5, 5.41) is 13.8. The Kier molecular flexibility index (Phi) is 4.62. The van der Waals surface area contributed by atoms with Crippen molar-refractivity contribution in [3.63, 3.8) is 0 Å². The largest absolute Gasteiger partial charge is 0.399 e. The van der Waals surface area contributed by atoms with Crippen LogP contribution in [0.15, 0.2) is 42.6 Å². The third-order valence-corrected chi connectivity index (χ3v) is 4.18. The SMILES string of the molecule is CCC(C)Nc1ncc2cc(-c3cc(N)ccc3CO)ccc2n1. The summed E-state index contributed by atoms with van der Waals surface area (Å²) >= 11 is 0. The first-order valence-electron chi connectivity index (χ1n) is 8.13.